The monoisotopic (exact) mass is 324 g/mol. The molecule has 2 amide bonds. The molecule has 5 nitrogen and oxygen atoms in total. The number of fused-ring (bicyclic) bond motifs is 1. The van der Waals surface area contributed by atoms with Crippen molar-refractivity contribution in [1.82, 2.24) is 0 Å². The molecule has 1 aliphatic heterocycles. The zero-order valence-corrected chi connectivity index (χ0v) is 13.8. The SMILES string of the molecule is CCC(=O)N1CCc2c(C(=O)Nc3ccc(OC)cc3)cccc21. The van der Waals surface area contributed by atoms with E-state index in [1.54, 1.807) is 42.3 Å². The first kappa shape index (κ1) is 16.1. The van der Waals surface area contributed by atoms with Gasteiger partial charge < -0.3 is 15.0 Å². The summed E-state index contributed by atoms with van der Waals surface area (Å²) in [4.78, 5) is 26.4. The summed E-state index contributed by atoms with van der Waals surface area (Å²) in [7, 11) is 1.60. The number of nitrogens with zero attached hydrogens (tertiary/aromatic N) is 1. The van der Waals surface area contributed by atoms with E-state index in [0.29, 0.717) is 30.6 Å². The van der Waals surface area contributed by atoms with Gasteiger partial charge in [-0.2, -0.15) is 0 Å². The highest BCUT2D eigenvalue weighted by Crippen LogP contribution is 2.31. The van der Waals surface area contributed by atoms with Crippen molar-refractivity contribution in [2.45, 2.75) is 19.8 Å². The van der Waals surface area contributed by atoms with Crippen molar-refractivity contribution in [2.75, 3.05) is 23.9 Å². The summed E-state index contributed by atoms with van der Waals surface area (Å²) in [5.74, 6) is 0.659. The number of carbonyl (C=O) groups excluding carboxylic acids is 2. The van der Waals surface area contributed by atoms with Crippen LogP contribution in [-0.2, 0) is 11.2 Å². The van der Waals surface area contributed by atoms with E-state index in [1.165, 1.54) is 0 Å². The fourth-order valence-corrected chi connectivity index (χ4v) is 2.97. The molecule has 3 rings (SSSR count). The van der Waals surface area contributed by atoms with Crippen LogP contribution in [0, 0.1) is 0 Å². The van der Waals surface area contributed by atoms with Crippen molar-refractivity contribution >= 4 is 23.2 Å². The van der Waals surface area contributed by atoms with Gasteiger partial charge in [-0.05, 0) is 48.4 Å². The average Bonchev–Trinajstić information content (AvgIpc) is 3.05. The molecule has 0 unspecified atom stereocenters. The zero-order valence-electron chi connectivity index (χ0n) is 13.8. The minimum absolute atomic E-state index is 0.0847. The third kappa shape index (κ3) is 2.97. The Hall–Kier alpha value is -2.82. The van der Waals surface area contributed by atoms with Crippen LogP contribution in [0.5, 0.6) is 5.75 Å². The lowest BCUT2D eigenvalue weighted by atomic mass is 10.0. The summed E-state index contributed by atoms with van der Waals surface area (Å²) in [6, 6.07) is 12.7. The van der Waals surface area contributed by atoms with Crippen LogP contribution >= 0.6 is 0 Å². The molecule has 124 valence electrons. The molecule has 0 saturated carbocycles. The van der Waals surface area contributed by atoms with Crippen molar-refractivity contribution in [3.63, 3.8) is 0 Å². The summed E-state index contributed by atoms with van der Waals surface area (Å²) in [5.41, 5.74) is 3.11. The van der Waals surface area contributed by atoms with Gasteiger partial charge in [-0.3, -0.25) is 9.59 Å². The minimum Gasteiger partial charge on any atom is -0.497 e. The molecule has 1 aliphatic rings. The predicted octanol–water partition coefficient (Wildman–Crippen LogP) is 3.25. The number of hydrogen-bond donors (Lipinski definition) is 1. The normalized spacial score (nSPS) is 12.7. The minimum atomic E-state index is -0.164. The van der Waals surface area contributed by atoms with Crippen molar-refractivity contribution in [3.8, 4) is 5.75 Å². The maximum Gasteiger partial charge on any atom is 0.256 e. The second-order valence-corrected chi connectivity index (χ2v) is 5.63. The van der Waals surface area contributed by atoms with Crippen LogP contribution in [-0.4, -0.2) is 25.5 Å². The Kier molecular flexibility index (Phi) is 4.51. The number of ether oxygens (including phenoxy) is 1. The van der Waals surface area contributed by atoms with Crippen LogP contribution in [0.15, 0.2) is 42.5 Å². The lowest BCUT2D eigenvalue weighted by Gasteiger charge is -2.16. The van der Waals surface area contributed by atoms with E-state index in [0.717, 1.165) is 17.0 Å². The molecule has 2 aromatic carbocycles. The van der Waals surface area contributed by atoms with Gasteiger partial charge >= 0.3 is 0 Å². The molecule has 0 bridgehead atoms. The van der Waals surface area contributed by atoms with E-state index in [9.17, 15) is 9.59 Å². The number of methoxy groups -OCH3 is 1. The summed E-state index contributed by atoms with van der Waals surface area (Å²) in [6.45, 7) is 2.48. The molecule has 0 atom stereocenters. The Bertz CT molecular complexity index is 769. The molecule has 0 fully saturated rings. The number of hydrogen-bond acceptors (Lipinski definition) is 3. The second kappa shape index (κ2) is 6.74. The van der Waals surface area contributed by atoms with Crippen LogP contribution in [0.3, 0.4) is 0 Å². The van der Waals surface area contributed by atoms with E-state index in [2.05, 4.69) is 5.32 Å². The Morgan fingerprint density at radius 2 is 1.92 bits per heavy atom. The highest BCUT2D eigenvalue weighted by molar-refractivity contribution is 6.07. The maximum absolute atomic E-state index is 12.6. The first-order chi connectivity index (χ1) is 11.6. The second-order valence-electron chi connectivity index (χ2n) is 5.63. The lowest BCUT2D eigenvalue weighted by Crippen LogP contribution is -2.27. The van der Waals surface area contributed by atoms with Gasteiger partial charge in [-0.25, -0.2) is 0 Å². The van der Waals surface area contributed by atoms with Crippen LogP contribution in [0.1, 0.15) is 29.3 Å². The van der Waals surface area contributed by atoms with Gasteiger partial charge in [-0.1, -0.05) is 13.0 Å². The van der Waals surface area contributed by atoms with Crippen LogP contribution in [0.2, 0.25) is 0 Å². The molecule has 5 heteroatoms. The van der Waals surface area contributed by atoms with Gasteiger partial charge in [-0.15, -0.1) is 0 Å². The maximum atomic E-state index is 12.6. The van der Waals surface area contributed by atoms with E-state index in [1.807, 2.05) is 19.1 Å². The van der Waals surface area contributed by atoms with Crippen molar-refractivity contribution in [1.29, 1.82) is 0 Å². The Morgan fingerprint density at radius 1 is 1.17 bits per heavy atom. The van der Waals surface area contributed by atoms with Gasteiger partial charge in [0.2, 0.25) is 5.91 Å². The predicted molar refractivity (Wildman–Crippen MR) is 93.7 cm³/mol. The lowest BCUT2D eigenvalue weighted by molar-refractivity contribution is -0.118. The van der Waals surface area contributed by atoms with E-state index < -0.39 is 0 Å². The largest absolute Gasteiger partial charge is 0.497 e. The molecule has 0 spiro atoms. The first-order valence-corrected chi connectivity index (χ1v) is 8.01. The summed E-state index contributed by atoms with van der Waals surface area (Å²) in [5, 5.41) is 2.90. The quantitative estimate of drug-likeness (QED) is 0.939. The smallest absolute Gasteiger partial charge is 0.256 e. The molecular weight excluding hydrogens is 304 g/mol. The van der Waals surface area contributed by atoms with E-state index in [-0.39, 0.29) is 11.8 Å². The summed E-state index contributed by atoms with van der Waals surface area (Å²) >= 11 is 0. The number of rotatable bonds is 4. The van der Waals surface area contributed by atoms with Crippen LogP contribution in [0.4, 0.5) is 11.4 Å². The standard InChI is InChI=1S/C19H20N2O3/c1-3-18(22)21-12-11-15-16(5-4-6-17(15)21)19(23)20-13-7-9-14(24-2)10-8-13/h4-10H,3,11-12H2,1-2H3,(H,20,23). The fraction of sp³-hybridized carbons (Fsp3) is 0.263. The number of benzene rings is 2. The molecule has 0 radical (unpaired) electrons. The highest BCUT2D eigenvalue weighted by atomic mass is 16.5. The third-order valence-corrected chi connectivity index (χ3v) is 4.22. The molecule has 0 aromatic heterocycles. The topological polar surface area (TPSA) is 58.6 Å². The summed E-state index contributed by atoms with van der Waals surface area (Å²) in [6.07, 6.45) is 1.16. The zero-order chi connectivity index (χ0) is 17.1. The molecule has 2 aromatic rings. The van der Waals surface area contributed by atoms with E-state index in [4.69, 9.17) is 4.74 Å². The number of carbonyl (C=O) groups is 2. The number of nitrogens with one attached hydrogen (secondary N) is 1. The molecule has 1 N–H and O–H groups in total. The first-order valence-electron chi connectivity index (χ1n) is 8.01. The van der Waals surface area contributed by atoms with Gasteiger partial charge in [0, 0.05) is 29.9 Å². The highest BCUT2D eigenvalue weighted by Gasteiger charge is 2.27. The van der Waals surface area contributed by atoms with Crippen LogP contribution < -0.4 is 15.0 Å². The summed E-state index contributed by atoms with van der Waals surface area (Å²) < 4.78 is 5.11. The van der Waals surface area contributed by atoms with Gasteiger partial charge in [0.1, 0.15) is 5.75 Å². The molecule has 24 heavy (non-hydrogen) atoms. The number of anilines is 2. The van der Waals surface area contributed by atoms with Crippen molar-refractivity contribution < 1.29 is 14.3 Å². The fourth-order valence-electron chi connectivity index (χ4n) is 2.97. The van der Waals surface area contributed by atoms with Crippen molar-refractivity contribution in [2.24, 2.45) is 0 Å². The molecule has 1 heterocycles. The third-order valence-electron chi connectivity index (χ3n) is 4.22. The molecule has 0 aliphatic carbocycles. The van der Waals surface area contributed by atoms with Gasteiger partial charge in [0.05, 0.1) is 7.11 Å². The number of amides is 2. The average molecular weight is 324 g/mol. The Balaban J connectivity index is 1.83. The van der Waals surface area contributed by atoms with Gasteiger partial charge in [0.25, 0.3) is 5.91 Å². The molecular formula is C19H20N2O3. The van der Waals surface area contributed by atoms with Gasteiger partial charge in [0.15, 0.2) is 0 Å². The van der Waals surface area contributed by atoms with Crippen LogP contribution in [0.25, 0.3) is 0 Å². The van der Waals surface area contributed by atoms with E-state index >= 15 is 0 Å². The Morgan fingerprint density at radius 3 is 2.58 bits per heavy atom. The van der Waals surface area contributed by atoms with Crippen molar-refractivity contribution in [3.05, 3.63) is 53.6 Å². The molecule has 0 saturated heterocycles. The Labute approximate surface area is 141 Å².